The number of amides is 2. The zero-order valence-electron chi connectivity index (χ0n) is 12.7. The van der Waals surface area contributed by atoms with Gasteiger partial charge in [0.1, 0.15) is 11.3 Å². The largest absolute Gasteiger partial charge is 0.455 e. The van der Waals surface area contributed by atoms with E-state index in [2.05, 4.69) is 5.32 Å². The smallest absolute Gasteiger partial charge is 0.356 e. The van der Waals surface area contributed by atoms with Crippen LogP contribution in [0.3, 0.4) is 0 Å². The van der Waals surface area contributed by atoms with Crippen LogP contribution in [0.25, 0.3) is 0 Å². The standard InChI is InChI=1S/C15H19N3O4/c1-15(2,3)22-14(21)11(8-16)18-13(20)10-7-5-4-6-9(10)12(17)19/h4-8H,16H2,1-3H3,(H2,17,19)(H,18,20)/b11-8-. The second-order valence-corrected chi connectivity index (χ2v) is 5.45. The molecule has 0 spiro atoms. The van der Waals surface area contributed by atoms with Crippen molar-refractivity contribution in [1.29, 1.82) is 0 Å². The maximum atomic E-state index is 12.2. The molecular weight excluding hydrogens is 286 g/mol. The van der Waals surface area contributed by atoms with Crippen molar-refractivity contribution < 1.29 is 19.1 Å². The van der Waals surface area contributed by atoms with Crippen molar-refractivity contribution in [2.75, 3.05) is 0 Å². The zero-order chi connectivity index (χ0) is 16.9. The van der Waals surface area contributed by atoms with E-state index in [-0.39, 0.29) is 16.8 Å². The van der Waals surface area contributed by atoms with Crippen LogP contribution >= 0.6 is 0 Å². The first-order valence-electron chi connectivity index (χ1n) is 6.51. The Morgan fingerprint density at radius 3 is 2.14 bits per heavy atom. The quantitative estimate of drug-likeness (QED) is 0.556. The van der Waals surface area contributed by atoms with Crippen molar-refractivity contribution in [3.8, 4) is 0 Å². The second kappa shape index (κ2) is 6.75. The molecule has 0 atom stereocenters. The van der Waals surface area contributed by atoms with Gasteiger partial charge < -0.3 is 21.5 Å². The Bertz CT molecular complexity index is 630. The van der Waals surface area contributed by atoms with Gasteiger partial charge in [-0.15, -0.1) is 0 Å². The molecule has 0 aromatic heterocycles. The minimum absolute atomic E-state index is 0.0397. The summed E-state index contributed by atoms with van der Waals surface area (Å²) >= 11 is 0. The fraction of sp³-hybridized carbons (Fsp3) is 0.267. The van der Waals surface area contributed by atoms with Crippen molar-refractivity contribution in [3.63, 3.8) is 0 Å². The number of hydrogen-bond donors (Lipinski definition) is 3. The fourth-order valence-electron chi connectivity index (χ4n) is 1.58. The Hall–Kier alpha value is -2.83. The van der Waals surface area contributed by atoms with Crippen molar-refractivity contribution in [1.82, 2.24) is 5.32 Å². The number of nitrogens with one attached hydrogen (secondary N) is 1. The van der Waals surface area contributed by atoms with E-state index in [1.54, 1.807) is 32.9 Å². The van der Waals surface area contributed by atoms with E-state index in [0.717, 1.165) is 6.20 Å². The third kappa shape index (κ3) is 4.62. The number of nitrogens with two attached hydrogens (primary N) is 2. The molecule has 0 aliphatic rings. The number of rotatable bonds is 4. The lowest BCUT2D eigenvalue weighted by molar-refractivity contribution is -0.150. The molecule has 7 nitrogen and oxygen atoms in total. The molecule has 0 saturated carbocycles. The summed E-state index contributed by atoms with van der Waals surface area (Å²) in [6.45, 7) is 5.05. The summed E-state index contributed by atoms with van der Waals surface area (Å²) in [4.78, 5) is 35.4. The highest BCUT2D eigenvalue weighted by molar-refractivity contribution is 6.08. The van der Waals surface area contributed by atoms with Crippen LogP contribution in [0, 0.1) is 0 Å². The lowest BCUT2D eigenvalue weighted by atomic mass is 10.1. The van der Waals surface area contributed by atoms with Gasteiger partial charge in [0.25, 0.3) is 5.91 Å². The Morgan fingerprint density at radius 2 is 1.68 bits per heavy atom. The van der Waals surface area contributed by atoms with Gasteiger partial charge in [-0.1, -0.05) is 12.1 Å². The Kier molecular flexibility index (Phi) is 5.28. The Morgan fingerprint density at radius 1 is 1.14 bits per heavy atom. The average Bonchev–Trinajstić information content (AvgIpc) is 2.42. The van der Waals surface area contributed by atoms with E-state index in [9.17, 15) is 14.4 Å². The number of carbonyl (C=O) groups is 3. The first-order valence-corrected chi connectivity index (χ1v) is 6.51. The monoisotopic (exact) mass is 305 g/mol. The maximum absolute atomic E-state index is 12.2. The van der Waals surface area contributed by atoms with E-state index in [4.69, 9.17) is 16.2 Å². The fourth-order valence-corrected chi connectivity index (χ4v) is 1.58. The van der Waals surface area contributed by atoms with E-state index >= 15 is 0 Å². The predicted octanol–water partition coefficient (Wildman–Crippen LogP) is 0.657. The molecule has 0 bridgehead atoms. The van der Waals surface area contributed by atoms with Crippen molar-refractivity contribution in [2.24, 2.45) is 11.5 Å². The van der Waals surface area contributed by atoms with Crippen molar-refractivity contribution in [3.05, 3.63) is 47.3 Å². The minimum Gasteiger partial charge on any atom is -0.455 e. The summed E-state index contributed by atoms with van der Waals surface area (Å²) in [5.74, 6) is -2.21. The van der Waals surface area contributed by atoms with Gasteiger partial charge in [0.05, 0.1) is 11.1 Å². The molecule has 0 aliphatic carbocycles. The van der Waals surface area contributed by atoms with Crippen LogP contribution in [0.5, 0.6) is 0 Å². The van der Waals surface area contributed by atoms with E-state index in [1.807, 2.05) is 0 Å². The van der Waals surface area contributed by atoms with Crippen molar-refractivity contribution in [2.45, 2.75) is 26.4 Å². The molecule has 1 aromatic carbocycles. The first-order chi connectivity index (χ1) is 10.2. The molecule has 0 fully saturated rings. The third-order valence-corrected chi connectivity index (χ3v) is 2.47. The SMILES string of the molecule is CC(C)(C)OC(=O)/C(=C/N)NC(=O)c1ccccc1C(N)=O. The van der Waals surface area contributed by atoms with Gasteiger partial charge in [-0.05, 0) is 32.9 Å². The molecule has 0 saturated heterocycles. The molecule has 118 valence electrons. The van der Waals surface area contributed by atoms with Crippen LogP contribution in [-0.4, -0.2) is 23.4 Å². The molecule has 7 heteroatoms. The van der Waals surface area contributed by atoms with Gasteiger partial charge in [-0.25, -0.2) is 4.79 Å². The van der Waals surface area contributed by atoms with Gasteiger partial charge in [0.15, 0.2) is 0 Å². The third-order valence-electron chi connectivity index (χ3n) is 2.47. The lowest BCUT2D eigenvalue weighted by Crippen LogP contribution is -2.34. The molecule has 0 heterocycles. The predicted molar refractivity (Wildman–Crippen MR) is 80.5 cm³/mol. The number of carbonyl (C=O) groups excluding carboxylic acids is 3. The summed E-state index contributed by atoms with van der Waals surface area (Å²) in [5, 5.41) is 2.32. The number of esters is 1. The summed E-state index contributed by atoms with van der Waals surface area (Å²) < 4.78 is 5.11. The molecule has 22 heavy (non-hydrogen) atoms. The van der Waals surface area contributed by atoms with Crippen LogP contribution in [0.2, 0.25) is 0 Å². The molecule has 1 aromatic rings. The van der Waals surface area contributed by atoms with E-state index in [1.165, 1.54) is 12.1 Å². The minimum atomic E-state index is -0.778. The van der Waals surface area contributed by atoms with E-state index in [0.29, 0.717) is 0 Å². The molecule has 0 unspecified atom stereocenters. The van der Waals surface area contributed by atoms with Gasteiger partial charge in [-0.3, -0.25) is 9.59 Å². The van der Waals surface area contributed by atoms with E-state index < -0.39 is 23.4 Å². The highest BCUT2D eigenvalue weighted by Crippen LogP contribution is 2.11. The van der Waals surface area contributed by atoms with Crippen molar-refractivity contribution >= 4 is 17.8 Å². The second-order valence-electron chi connectivity index (χ2n) is 5.45. The van der Waals surface area contributed by atoms with Crippen LogP contribution in [0.15, 0.2) is 36.2 Å². The van der Waals surface area contributed by atoms with Crippen LogP contribution in [-0.2, 0) is 9.53 Å². The van der Waals surface area contributed by atoms with Gasteiger partial charge in [-0.2, -0.15) is 0 Å². The van der Waals surface area contributed by atoms with Gasteiger partial charge in [0.2, 0.25) is 5.91 Å². The average molecular weight is 305 g/mol. The number of primary amides is 1. The van der Waals surface area contributed by atoms with Crippen LogP contribution in [0.4, 0.5) is 0 Å². The molecular formula is C15H19N3O4. The molecule has 2 amide bonds. The number of ether oxygens (including phenoxy) is 1. The summed E-state index contributed by atoms with van der Waals surface area (Å²) in [5.41, 5.74) is 9.68. The number of hydrogen-bond acceptors (Lipinski definition) is 5. The van der Waals surface area contributed by atoms with Gasteiger partial charge in [0, 0.05) is 6.20 Å². The molecule has 1 rings (SSSR count). The molecule has 0 radical (unpaired) electrons. The topological polar surface area (TPSA) is 125 Å². The summed E-state index contributed by atoms with van der Waals surface area (Å²) in [7, 11) is 0. The Balaban J connectivity index is 2.96. The normalized spacial score (nSPS) is 11.7. The molecule has 0 aliphatic heterocycles. The Labute approximate surface area is 128 Å². The molecule has 5 N–H and O–H groups in total. The first kappa shape index (κ1) is 17.2. The highest BCUT2D eigenvalue weighted by Gasteiger charge is 2.23. The summed E-state index contributed by atoms with van der Waals surface area (Å²) in [6, 6.07) is 5.97. The number of benzene rings is 1. The zero-order valence-corrected chi connectivity index (χ0v) is 12.7. The highest BCUT2D eigenvalue weighted by atomic mass is 16.6. The lowest BCUT2D eigenvalue weighted by Gasteiger charge is -2.20. The summed E-state index contributed by atoms with van der Waals surface area (Å²) in [6.07, 6.45) is 0.929. The van der Waals surface area contributed by atoms with Gasteiger partial charge >= 0.3 is 5.97 Å². The maximum Gasteiger partial charge on any atom is 0.356 e. The van der Waals surface area contributed by atoms with Crippen LogP contribution < -0.4 is 16.8 Å². The van der Waals surface area contributed by atoms with Crippen LogP contribution in [0.1, 0.15) is 41.5 Å².